The maximum absolute atomic E-state index is 12.4. The molecule has 1 aliphatic rings. The second kappa shape index (κ2) is 8.55. The SMILES string of the molecule is C#CCNC(=O)NC1CN([C@@H](C(=O)OCC=C)c2ccccc2)C1=O. The normalized spacial score (nSPS) is 16.8. The van der Waals surface area contributed by atoms with Crippen molar-refractivity contribution in [1.29, 1.82) is 0 Å². The molecule has 3 amide bonds. The van der Waals surface area contributed by atoms with Gasteiger partial charge < -0.3 is 20.3 Å². The average molecular weight is 341 g/mol. The standard InChI is InChI=1S/C18H19N3O4/c1-3-10-19-18(24)20-14-12-21(16(14)22)15(17(23)25-11-4-2)13-8-6-5-7-9-13/h1,4-9,14-15H,2,10-12H2,(H2,19,20,24)/t14?,15-/m1/s1. The van der Waals surface area contributed by atoms with E-state index in [4.69, 9.17) is 11.2 Å². The number of carbonyl (C=O) groups excluding carboxylic acids is 3. The first-order chi connectivity index (χ1) is 12.1. The maximum Gasteiger partial charge on any atom is 0.333 e. The van der Waals surface area contributed by atoms with Gasteiger partial charge in [0.15, 0.2) is 6.04 Å². The molecule has 2 rings (SSSR count). The van der Waals surface area contributed by atoms with Gasteiger partial charge in [0.05, 0.1) is 13.1 Å². The van der Waals surface area contributed by atoms with Gasteiger partial charge >= 0.3 is 12.0 Å². The smallest absolute Gasteiger partial charge is 0.333 e. The lowest BCUT2D eigenvalue weighted by molar-refractivity contribution is -0.162. The van der Waals surface area contributed by atoms with Crippen LogP contribution in [0.15, 0.2) is 43.0 Å². The molecule has 130 valence electrons. The maximum atomic E-state index is 12.4. The Morgan fingerprint density at radius 3 is 2.76 bits per heavy atom. The number of likely N-dealkylation sites (tertiary alicyclic amines) is 1. The number of terminal acetylenes is 1. The highest BCUT2D eigenvalue weighted by Crippen LogP contribution is 2.28. The number of rotatable bonds is 7. The minimum atomic E-state index is -0.861. The summed E-state index contributed by atoms with van der Waals surface area (Å²) in [7, 11) is 0. The Bertz CT molecular complexity index is 696. The summed E-state index contributed by atoms with van der Waals surface area (Å²) in [6, 6.07) is 6.76. The molecule has 1 unspecified atom stereocenters. The van der Waals surface area contributed by atoms with E-state index in [0.717, 1.165) is 0 Å². The fourth-order valence-corrected chi connectivity index (χ4v) is 2.43. The number of esters is 1. The van der Waals surface area contributed by atoms with Crippen LogP contribution in [0.2, 0.25) is 0 Å². The van der Waals surface area contributed by atoms with Gasteiger partial charge in [0.1, 0.15) is 12.6 Å². The second-order valence-electron chi connectivity index (χ2n) is 5.31. The number of nitrogens with one attached hydrogen (secondary N) is 2. The van der Waals surface area contributed by atoms with Crippen molar-refractivity contribution in [3.63, 3.8) is 0 Å². The Balaban J connectivity index is 2.06. The molecule has 0 aliphatic carbocycles. The monoisotopic (exact) mass is 341 g/mol. The van der Waals surface area contributed by atoms with Gasteiger partial charge in [-0.25, -0.2) is 9.59 Å². The van der Waals surface area contributed by atoms with Gasteiger partial charge in [0.2, 0.25) is 5.91 Å². The van der Waals surface area contributed by atoms with E-state index >= 15 is 0 Å². The molecule has 1 fully saturated rings. The largest absolute Gasteiger partial charge is 0.460 e. The van der Waals surface area contributed by atoms with Gasteiger partial charge in [-0.05, 0) is 5.56 Å². The van der Waals surface area contributed by atoms with Gasteiger partial charge in [0.25, 0.3) is 0 Å². The lowest BCUT2D eigenvalue weighted by Crippen LogP contribution is -2.66. The average Bonchev–Trinajstić information content (AvgIpc) is 2.64. The van der Waals surface area contributed by atoms with Crippen LogP contribution in [-0.2, 0) is 14.3 Å². The van der Waals surface area contributed by atoms with Crippen LogP contribution in [-0.4, -0.2) is 48.5 Å². The van der Waals surface area contributed by atoms with E-state index in [1.807, 2.05) is 6.07 Å². The van der Waals surface area contributed by atoms with E-state index in [-0.39, 0.29) is 25.6 Å². The molecule has 0 saturated carbocycles. The zero-order chi connectivity index (χ0) is 18.2. The fourth-order valence-electron chi connectivity index (χ4n) is 2.43. The second-order valence-corrected chi connectivity index (χ2v) is 5.31. The lowest BCUT2D eigenvalue weighted by Gasteiger charge is -2.42. The fraction of sp³-hybridized carbons (Fsp3) is 0.278. The summed E-state index contributed by atoms with van der Waals surface area (Å²) in [5.74, 6) is 1.36. The summed E-state index contributed by atoms with van der Waals surface area (Å²) in [6.07, 6.45) is 6.51. The van der Waals surface area contributed by atoms with E-state index in [1.54, 1.807) is 24.3 Å². The van der Waals surface area contributed by atoms with Crippen LogP contribution in [0, 0.1) is 12.3 Å². The Morgan fingerprint density at radius 2 is 2.16 bits per heavy atom. The molecule has 2 N–H and O–H groups in total. The lowest BCUT2D eigenvalue weighted by atomic mass is 9.98. The molecular formula is C18H19N3O4. The highest BCUT2D eigenvalue weighted by molar-refractivity contribution is 5.95. The summed E-state index contributed by atoms with van der Waals surface area (Å²) < 4.78 is 5.11. The van der Waals surface area contributed by atoms with E-state index in [9.17, 15) is 14.4 Å². The van der Waals surface area contributed by atoms with Crippen LogP contribution in [0.25, 0.3) is 0 Å². The number of urea groups is 1. The van der Waals surface area contributed by atoms with E-state index in [1.165, 1.54) is 11.0 Å². The number of hydrogen-bond donors (Lipinski definition) is 2. The zero-order valence-corrected chi connectivity index (χ0v) is 13.6. The molecule has 0 spiro atoms. The molecular weight excluding hydrogens is 322 g/mol. The van der Waals surface area contributed by atoms with Gasteiger partial charge in [-0.3, -0.25) is 4.79 Å². The predicted octanol–water partition coefficient (Wildman–Crippen LogP) is 0.600. The third-order valence-electron chi connectivity index (χ3n) is 3.61. The molecule has 1 aliphatic heterocycles. The summed E-state index contributed by atoms with van der Waals surface area (Å²) in [6.45, 7) is 3.82. The number of carbonyl (C=O) groups is 3. The molecule has 0 aromatic heterocycles. The topological polar surface area (TPSA) is 87.7 Å². The van der Waals surface area contributed by atoms with E-state index < -0.39 is 24.1 Å². The van der Waals surface area contributed by atoms with Crippen molar-refractivity contribution >= 4 is 17.9 Å². The summed E-state index contributed by atoms with van der Waals surface area (Å²) >= 11 is 0. The summed E-state index contributed by atoms with van der Waals surface area (Å²) in [5, 5.41) is 4.93. The van der Waals surface area contributed by atoms with Gasteiger partial charge in [-0.15, -0.1) is 6.42 Å². The third kappa shape index (κ3) is 4.38. The van der Waals surface area contributed by atoms with E-state index in [2.05, 4.69) is 23.1 Å². The number of ether oxygens (including phenoxy) is 1. The van der Waals surface area contributed by atoms with Crippen LogP contribution in [0.1, 0.15) is 11.6 Å². The molecule has 1 heterocycles. The minimum absolute atomic E-state index is 0.0559. The number of amides is 3. The molecule has 25 heavy (non-hydrogen) atoms. The number of nitrogens with zero attached hydrogens (tertiary/aromatic N) is 1. The molecule has 0 bridgehead atoms. The Morgan fingerprint density at radius 1 is 1.44 bits per heavy atom. The van der Waals surface area contributed by atoms with E-state index in [0.29, 0.717) is 5.56 Å². The summed E-state index contributed by atoms with van der Waals surface area (Å²) in [5.41, 5.74) is 0.639. The number of β-lactam (4-membered cyclic amide) rings is 1. The van der Waals surface area contributed by atoms with Crippen molar-refractivity contribution in [3.05, 3.63) is 48.6 Å². The van der Waals surface area contributed by atoms with Crippen molar-refractivity contribution < 1.29 is 19.1 Å². The predicted molar refractivity (Wildman–Crippen MR) is 91.2 cm³/mol. The number of benzene rings is 1. The molecule has 1 aromatic rings. The van der Waals surface area contributed by atoms with Gasteiger partial charge in [0, 0.05) is 0 Å². The van der Waals surface area contributed by atoms with Crippen molar-refractivity contribution in [2.45, 2.75) is 12.1 Å². The van der Waals surface area contributed by atoms with Crippen LogP contribution >= 0.6 is 0 Å². The minimum Gasteiger partial charge on any atom is -0.460 e. The van der Waals surface area contributed by atoms with Crippen molar-refractivity contribution in [2.75, 3.05) is 19.7 Å². The Kier molecular flexibility index (Phi) is 6.18. The van der Waals surface area contributed by atoms with Crippen LogP contribution < -0.4 is 10.6 Å². The van der Waals surface area contributed by atoms with Crippen molar-refractivity contribution in [2.24, 2.45) is 0 Å². The van der Waals surface area contributed by atoms with Gasteiger partial charge in [-0.1, -0.05) is 48.9 Å². The molecule has 7 heteroatoms. The summed E-state index contributed by atoms with van der Waals surface area (Å²) in [4.78, 5) is 37.7. The first-order valence-electron chi connectivity index (χ1n) is 7.69. The molecule has 1 aromatic carbocycles. The number of hydrogen-bond acceptors (Lipinski definition) is 4. The molecule has 1 saturated heterocycles. The van der Waals surface area contributed by atoms with Crippen LogP contribution in [0.3, 0.4) is 0 Å². The quantitative estimate of drug-likeness (QED) is 0.329. The van der Waals surface area contributed by atoms with Crippen molar-refractivity contribution in [1.82, 2.24) is 15.5 Å². The molecule has 7 nitrogen and oxygen atoms in total. The van der Waals surface area contributed by atoms with Crippen molar-refractivity contribution in [3.8, 4) is 12.3 Å². The van der Waals surface area contributed by atoms with Gasteiger partial charge in [-0.2, -0.15) is 0 Å². The first kappa shape index (κ1) is 18.1. The van der Waals surface area contributed by atoms with Crippen LogP contribution in [0.4, 0.5) is 4.79 Å². The van der Waals surface area contributed by atoms with Crippen LogP contribution in [0.5, 0.6) is 0 Å². The first-order valence-corrected chi connectivity index (χ1v) is 7.69. The molecule has 0 radical (unpaired) electrons. The highest BCUT2D eigenvalue weighted by atomic mass is 16.5. The third-order valence-corrected chi connectivity index (χ3v) is 3.61. The Labute approximate surface area is 146 Å². The highest BCUT2D eigenvalue weighted by Gasteiger charge is 2.45. The Hall–Kier alpha value is -3.27. The zero-order valence-electron chi connectivity index (χ0n) is 13.6. The molecule has 2 atom stereocenters.